The van der Waals surface area contributed by atoms with E-state index in [1.165, 1.54) is 5.56 Å². The number of morpholine rings is 1. The van der Waals surface area contributed by atoms with E-state index in [1.54, 1.807) is 6.20 Å². The van der Waals surface area contributed by atoms with E-state index in [0.29, 0.717) is 32.2 Å². The number of hydrogen-bond acceptors (Lipinski definition) is 4. The molecule has 1 saturated heterocycles. The topological polar surface area (TPSA) is 45.7 Å². The summed E-state index contributed by atoms with van der Waals surface area (Å²) in [4.78, 5) is 22.1. The maximum absolute atomic E-state index is 13.5. The van der Waals surface area contributed by atoms with Gasteiger partial charge in [-0.25, -0.2) is 0 Å². The Morgan fingerprint density at radius 3 is 2.77 bits per heavy atom. The van der Waals surface area contributed by atoms with Gasteiger partial charge >= 0.3 is 0 Å². The van der Waals surface area contributed by atoms with Crippen molar-refractivity contribution in [2.75, 3.05) is 26.2 Å². The van der Waals surface area contributed by atoms with Crippen LogP contribution in [0.4, 0.5) is 0 Å². The zero-order chi connectivity index (χ0) is 21.6. The summed E-state index contributed by atoms with van der Waals surface area (Å²) in [6, 6.07) is 20.6. The molecular weight excluding hydrogens is 386 g/mol. The van der Waals surface area contributed by atoms with Crippen LogP contribution in [0.2, 0.25) is 0 Å². The van der Waals surface area contributed by atoms with Gasteiger partial charge in [0, 0.05) is 44.3 Å². The number of hydrogen-bond donors (Lipinski definition) is 0. The van der Waals surface area contributed by atoms with E-state index in [0.717, 1.165) is 29.6 Å². The summed E-state index contributed by atoms with van der Waals surface area (Å²) in [5.41, 5.74) is 3.35. The van der Waals surface area contributed by atoms with Crippen molar-refractivity contribution < 1.29 is 9.53 Å². The largest absolute Gasteiger partial charge is 0.366 e. The molecule has 0 N–H and O–H groups in total. The fourth-order valence-corrected chi connectivity index (χ4v) is 4.16. The summed E-state index contributed by atoms with van der Waals surface area (Å²) in [7, 11) is 0. The molecule has 3 aromatic rings. The second-order valence-electron chi connectivity index (χ2n) is 8.72. The highest BCUT2D eigenvalue weighted by atomic mass is 16.5. The first-order valence-corrected chi connectivity index (χ1v) is 11.1. The Labute approximate surface area is 184 Å². The minimum Gasteiger partial charge on any atom is -0.366 e. The number of rotatable bonds is 7. The monoisotopic (exact) mass is 417 g/mol. The zero-order valence-electron chi connectivity index (χ0n) is 18.4. The number of ether oxygens (including phenoxy) is 1. The quantitative estimate of drug-likeness (QED) is 0.580. The molecule has 1 amide bonds. The molecule has 0 spiro atoms. The number of fused-ring (bicyclic) bond motifs is 1. The van der Waals surface area contributed by atoms with Crippen LogP contribution in [0.3, 0.4) is 0 Å². The van der Waals surface area contributed by atoms with Crippen LogP contribution in [0, 0.1) is 5.92 Å². The van der Waals surface area contributed by atoms with Crippen LogP contribution in [0.25, 0.3) is 10.9 Å². The minimum absolute atomic E-state index is 0.0812. The van der Waals surface area contributed by atoms with Gasteiger partial charge in [0.2, 0.25) is 0 Å². The number of pyridine rings is 1. The van der Waals surface area contributed by atoms with Crippen molar-refractivity contribution in [2.24, 2.45) is 5.92 Å². The van der Waals surface area contributed by atoms with Gasteiger partial charge in [-0.3, -0.25) is 14.7 Å². The molecule has 0 unspecified atom stereocenters. The average Bonchev–Trinajstić information content (AvgIpc) is 2.79. The Bertz CT molecular complexity index is 1010. The SMILES string of the molecule is CC(C)CN(Cc1ccc2ncccc2c1)C(=O)[C@H]1CN(Cc2ccccc2)CCO1. The molecule has 31 heavy (non-hydrogen) atoms. The lowest BCUT2D eigenvalue weighted by Gasteiger charge is -2.35. The molecule has 5 nitrogen and oxygen atoms in total. The molecule has 2 heterocycles. The van der Waals surface area contributed by atoms with Gasteiger partial charge in [-0.2, -0.15) is 0 Å². The molecule has 4 rings (SSSR count). The first kappa shape index (κ1) is 21.5. The molecule has 162 valence electrons. The normalized spacial score (nSPS) is 17.2. The molecule has 1 atom stereocenters. The molecule has 1 fully saturated rings. The molecule has 0 radical (unpaired) electrons. The van der Waals surface area contributed by atoms with Crippen LogP contribution in [-0.4, -0.2) is 53.0 Å². The van der Waals surface area contributed by atoms with E-state index in [4.69, 9.17) is 4.74 Å². The summed E-state index contributed by atoms with van der Waals surface area (Å²) in [5.74, 6) is 0.466. The molecule has 0 saturated carbocycles. The van der Waals surface area contributed by atoms with E-state index < -0.39 is 6.10 Å². The van der Waals surface area contributed by atoms with Crippen LogP contribution in [0.1, 0.15) is 25.0 Å². The van der Waals surface area contributed by atoms with Crippen molar-refractivity contribution in [2.45, 2.75) is 33.0 Å². The summed E-state index contributed by atoms with van der Waals surface area (Å²) in [6.45, 7) is 8.49. The van der Waals surface area contributed by atoms with Gasteiger partial charge in [0.25, 0.3) is 5.91 Å². The Balaban J connectivity index is 1.46. The van der Waals surface area contributed by atoms with E-state index in [1.807, 2.05) is 23.1 Å². The van der Waals surface area contributed by atoms with Crippen molar-refractivity contribution >= 4 is 16.8 Å². The van der Waals surface area contributed by atoms with Gasteiger partial charge in [-0.1, -0.05) is 56.3 Å². The Morgan fingerprint density at radius 2 is 1.97 bits per heavy atom. The van der Waals surface area contributed by atoms with Crippen LogP contribution >= 0.6 is 0 Å². The summed E-state index contributed by atoms with van der Waals surface area (Å²) >= 11 is 0. The Kier molecular flexibility index (Phi) is 6.95. The third-order valence-electron chi connectivity index (χ3n) is 5.61. The lowest BCUT2D eigenvalue weighted by Crippen LogP contribution is -2.51. The second kappa shape index (κ2) is 10.0. The molecule has 0 aliphatic carbocycles. The zero-order valence-corrected chi connectivity index (χ0v) is 18.4. The number of benzene rings is 2. The first-order valence-electron chi connectivity index (χ1n) is 11.1. The molecule has 1 aromatic heterocycles. The standard InChI is InChI=1S/C26H31N3O2/c1-20(2)16-29(18-22-10-11-24-23(15-22)9-6-12-27-24)26(30)25-19-28(13-14-31-25)17-21-7-4-3-5-8-21/h3-12,15,20,25H,13-14,16-19H2,1-2H3/t25-/m1/s1. The van der Waals surface area contributed by atoms with Crippen molar-refractivity contribution in [3.05, 3.63) is 78.0 Å². The maximum Gasteiger partial charge on any atom is 0.253 e. The van der Waals surface area contributed by atoms with Gasteiger partial charge < -0.3 is 9.64 Å². The van der Waals surface area contributed by atoms with Crippen molar-refractivity contribution in [1.29, 1.82) is 0 Å². The van der Waals surface area contributed by atoms with Gasteiger partial charge in [-0.05, 0) is 35.2 Å². The number of amides is 1. The fraction of sp³-hybridized carbons (Fsp3) is 0.385. The number of aromatic nitrogens is 1. The molecular formula is C26H31N3O2. The van der Waals surface area contributed by atoms with E-state index in [-0.39, 0.29) is 5.91 Å². The summed E-state index contributed by atoms with van der Waals surface area (Å²) in [5, 5.41) is 1.10. The molecule has 1 aliphatic heterocycles. The first-order chi connectivity index (χ1) is 15.1. The predicted octanol–water partition coefficient (Wildman–Crippen LogP) is 4.12. The van der Waals surface area contributed by atoms with Crippen LogP contribution in [0.15, 0.2) is 66.9 Å². The van der Waals surface area contributed by atoms with Gasteiger partial charge in [0.05, 0.1) is 12.1 Å². The minimum atomic E-state index is -0.418. The van der Waals surface area contributed by atoms with E-state index in [9.17, 15) is 4.79 Å². The van der Waals surface area contributed by atoms with Gasteiger partial charge in [-0.15, -0.1) is 0 Å². The number of carbonyl (C=O) groups is 1. The van der Waals surface area contributed by atoms with Crippen LogP contribution in [0.5, 0.6) is 0 Å². The third kappa shape index (κ3) is 5.69. The highest BCUT2D eigenvalue weighted by molar-refractivity contribution is 5.82. The Hall–Kier alpha value is -2.76. The van der Waals surface area contributed by atoms with Crippen LogP contribution < -0.4 is 0 Å². The summed E-state index contributed by atoms with van der Waals surface area (Å²) in [6.07, 6.45) is 1.39. The predicted molar refractivity (Wildman–Crippen MR) is 123 cm³/mol. The maximum atomic E-state index is 13.5. The van der Waals surface area contributed by atoms with Gasteiger partial charge in [0.15, 0.2) is 0 Å². The molecule has 5 heteroatoms. The van der Waals surface area contributed by atoms with E-state index in [2.05, 4.69) is 66.2 Å². The van der Waals surface area contributed by atoms with Crippen molar-refractivity contribution in [1.82, 2.24) is 14.8 Å². The lowest BCUT2D eigenvalue weighted by atomic mass is 10.1. The second-order valence-corrected chi connectivity index (χ2v) is 8.72. The fourth-order valence-electron chi connectivity index (χ4n) is 4.16. The average molecular weight is 418 g/mol. The summed E-state index contributed by atoms with van der Waals surface area (Å²) < 4.78 is 5.94. The highest BCUT2D eigenvalue weighted by Gasteiger charge is 2.30. The Morgan fingerprint density at radius 1 is 1.13 bits per heavy atom. The smallest absolute Gasteiger partial charge is 0.253 e. The van der Waals surface area contributed by atoms with Crippen molar-refractivity contribution in [3.63, 3.8) is 0 Å². The third-order valence-corrected chi connectivity index (χ3v) is 5.61. The van der Waals surface area contributed by atoms with Crippen molar-refractivity contribution in [3.8, 4) is 0 Å². The molecule has 2 aromatic carbocycles. The number of carbonyl (C=O) groups excluding carboxylic acids is 1. The number of nitrogens with zero attached hydrogens (tertiary/aromatic N) is 3. The lowest BCUT2D eigenvalue weighted by molar-refractivity contribution is -0.151. The highest BCUT2D eigenvalue weighted by Crippen LogP contribution is 2.18. The van der Waals surface area contributed by atoms with Crippen LogP contribution in [-0.2, 0) is 22.6 Å². The molecule has 0 bridgehead atoms. The van der Waals surface area contributed by atoms with Gasteiger partial charge in [0.1, 0.15) is 6.10 Å². The van der Waals surface area contributed by atoms with E-state index >= 15 is 0 Å². The molecule has 1 aliphatic rings.